The second kappa shape index (κ2) is 8.34. The van der Waals surface area contributed by atoms with E-state index in [0.29, 0.717) is 11.7 Å². The SMILES string of the molecule is O=C(O)CCCN1CCc2cc(-c3cccnc3SC3CCCC3)ccc21. The van der Waals surface area contributed by atoms with Crippen molar-refractivity contribution in [2.45, 2.75) is 55.2 Å². The van der Waals surface area contributed by atoms with E-state index in [1.807, 2.05) is 24.0 Å². The minimum absolute atomic E-state index is 0.237. The number of thioether (sulfide) groups is 1. The van der Waals surface area contributed by atoms with Crippen LogP contribution in [-0.2, 0) is 11.2 Å². The van der Waals surface area contributed by atoms with Gasteiger partial charge in [-0.05, 0) is 55.0 Å². The summed E-state index contributed by atoms with van der Waals surface area (Å²) in [5, 5.41) is 10.7. The van der Waals surface area contributed by atoms with Crippen LogP contribution in [0, 0.1) is 0 Å². The molecule has 4 rings (SSSR count). The largest absolute Gasteiger partial charge is 0.481 e. The molecule has 1 aliphatic carbocycles. The first kappa shape index (κ1) is 18.4. The summed E-state index contributed by atoms with van der Waals surface area (Å²) in [7, 11) is 0. The predicted molar refractivity (Wildman–Crippen MR) is 111 cm³/mol. The van der Waals surface area contributed by atoms with Crippen molar-refractivity contribution in [2.75, 3.05) is 18.0 Å². The van der Waals surface area contributed by atoms with Gasteiger partial charge in [0, 0.05) is 42.2 Å². The van der Waals surface area contributed by atoms with Gasteiger partial charge in [0.25, 0.3) is 0 Å². The van der Waals surface area contributed by atoms with E-state index in [-0.39, 0.29) is 6.42 Å². The van der Waals surface area contributed by atoms with Crippen LogP contribution >= 0.6 is 11.8 Å². The lowest BCUT2D eigenvalue weighted by atomic mass is 10.0. The molecule has 0 spiro atoms. The number of carbonyl (C=O) groups is 1. The van der Waals surface area contributed by atoms with Gasteiger partial charge in [-0.25, -0.2) is 4.98 Å². The van der Waals surface area contributed by atoms with Gasteiger partial charge in [-0.2, -0.15) is 0 Å². The number of pyridine rings is 1. The normalized spacial score (nSPS) is 16.7. The molecule has 0 saturated heterocycles. The minimum atomic E-state index is -0.714. The maximum absolute atomic E-state index is 10.7. The number of nitrogens with zero attached hydrogens (tertiary/aromatic N) is 2. The van der Waals surface area contributed by atoms with Crippen LogP contribution in [0.5, 0.6) is 0 Å². The highest BCUT2D eigenvalue weighted by atomic mass is 32.2. The van der Waals surface area contributed by atoms with Gasteiger partial charge >= 0.3 is 5.97 Å². The lowest BCUT2D eigenvalue weighted by molar-refractivity contribution is -0.137. The fourth-order valence-corrected chi connectivity index (χ4v) is 5.48. The van der Waals surface area contributed by atoms with Gasteiger partial charge in [-0.15, -0.1) is 11.8 Å². The van der Waals surface area contributed by atoms with Crippen LogP contribution in [0.2, 0.25) is 0 Å². The molecule has 5 heteroatoms. The topological polar surface area (TPSA) is 53.4 Å². The average Bonchev–Trinajstić information content (AvgIpc) is 3.32. The third-order valence-electron chi connectivity index (χ3n) is 5.55. The summed E-state index contributed by atoms with van der Waals surface area (Å²) in [4.78, 5) is 17.7. The van der Waals surface area contributed by atoms with Gasteiger partial charge in [0.05, 0.1) is 0 Å². The van der Waals surface area contributed by atoms with E-state index < -0.39 is 5.97 Å². The molecule has 1 fully saturated rings. The number of aliphatic carboxylic acids is 1. The molecule has 2 aromatic rings. The second-order valence-corrected chi connectivity index (χ2v) is 8.75. The van der Waals surface area contributed by atoms with Crippen molar-refractivity contribution in [1.29, 1.82) is 0 Å². The molecular formula is C22H26N2O2S. The van der Waals surface area contributed by atoms with Crippen molar-refractivity contribution < 1.29 is 9.90 Å². The second-order valence-electron chi connectivity index (χ2n) is 7.46. The molecule has 1 aliphatic heterocycles. The molecule has 0 bridgehead atoms. The Hall–Kier alpha value is -2.01. The van der Waals surface area contributed by atoms with Crippen LogP contribution in [0.3, 0.4) is 0 Å². The first-order valence-electron chi connectivity index (χ1n) is 9.92. The molecule has 0 unspecified atom stereocenters. The number of carboxylic acid groups (broad SMARTS) is 1. The lowest BCUT2D eigenvalue weighted by Gasteiger charge is -2.19. The van der Waals surface area contributed by atoms with Crippen molar-refractivity contribution >= 4 is 23.4 Å². The monoisotopic (exact) mass is 382 g/mol. The smallest absolute Gasteiger partial charge is 0.303 e. The van der Waals surface area contributed by atoms with Crippen LogP contribution in [0.1, 0.15) is 44.1 Å². The third-order valence-corrected chi connectivity index (χ3v) is 6.91. The van der Waals surface area contributed by atoms with E-state index in [9.17, 15) is 4.79 Å². The molecule has 0 radical (unpaired) electrons. The van der Waals surface area contributed by atoms with Gasteiger partial charge in [0.1, 0.15) is 5.03 Å². The van der Waals surface area contributed by atoms with Crippen molar-refractivity contribution in [3.63, 3.8) is 0 Å². The Balaban J connectivity index is 1.52. The van der Waals surface area contributed by atoms with Crippen molar-refractivity contribution in [3.8, 4) is 11.1 Å². The molecule has 1 N–H and O–H groups in total. The number of hydrogen-bond donors (Lipinski definition) is 1. The molecule has 27 heavy (non-hydrogen) atoms. The number of benzene rings is 1. The molecule has 1 aromatic heterocycles. The molecule has 142 valence electrons. The molecule has 1 saturated carbocycles. The highest BCUT2D eigenvalue weighted by molar-refractivity contribution is 8.00. The lowest BCUT2D eigenvalue weighted by Crippen LogP contribution is -2.22. The standard InChI is InChI=1S/C22H26N2O2S/c25-21(26)8-4-13-24-14-11-17-15-16(9-10-20(17)24)19-7-3-12-23-22(19)27-18-5-1-2-6-18/h3,7,9-10,12,15,18H,1-2,4-6,8,11,13-14H2,(H,25,26). The van der Waals surface area contributed by atoms with Gasteiger partial charge in [-0.1, -0.05) is 25.0 Å². The highest BCUT2D eigenvalue weighted by Gasteiger charge is 2.22. The van der Waals surface area contributed by atoms with E-state index in [2.05, 4.69) is 34.1 Å². The van der Waals surface area contributed by atoms with Crippen LogP contribution in [0.25, 0.3) is 11.1 Å². The fraction of sp³-hybridized carbons (Fsp3) is 0.455. The number of fused-ring (bicyclic) bond motifs is 1. The Labute approximate surface area is 165 Å². The Morgan fingerprint density at radius 3 is 2.93 bits per heavy atom. The fourth-order valence-electron chi connectivity index (χ4n) is 4.16. The molecule has 2 heterocycles. The zero-order chi connectivity index (χ0) is 18.6. The van der Waals surface area contributed by atoms with Crippen molar-refractivity contribution in [2.24, 2.45) is 0 Å². The van der Waals surface area contributed by atoms with Crippen LogP contribution < -0.4 is 4.90 Å². The predicted octanol–water partition coefficient (Wildman–Crippen LogP) is 5.01. The Morgan fingerprint density at radius 1 is 1.26 bits per heavy atom. The maximum Gasteiger partial charge on any atom is 0.303 e. The van der Waals surface area contributed by atoms with Crippen LogP contribution in [0.15, 0.2) is 41.6 Å². The van der Waals surface area contributed by atoms with Gasteiger partial charge in [-0.3, -0.25) is 4.79 Å². The number of anilines is 1. The quantitative estimate of drug-likeness (QED) is 0.729. The molecular weight excluding hydrogens is 356 g/mol. The molecule has 4 nitrogen and oxygen atoms in total. The third kappa shape index (κ3) is 4.29. The number of carboxylic acids is 1. The van der Waals surface area contributed by atoms with Crippen LogP contribution in [-0.4, -0.2) is 34.4 Å². The number of aromatic nitrogens is 1. The summed E-state index contributed by atoms with van der Waals surface area (Å²) in [5.74, 6) is -0.714. The minimum Gasteiger partial charge on any atom is -0.481 e. The van der Waals surface area contributed by atoms with Crippen molar-refractivity contribution in [1.82, 2.24) is 4.98 Å². The van der Waals surface area contributed by atoms with Crippen LogP contribution in [0.4, 0.5) is 5.69 Å². The van der Waals surface area contributed by atoms with Gasteiger partial charge in [0.15, 0.2) is 0 Å². The maximum atomic E-state index is 10.7. The summed E-state index contributed by atoms with van der Waals surface area (Å²) in [6.07, 6.45) is 9.15. The van der Waals surface area contributed by atoms with E-state index in [1.54, 1.807) is 0 Å². The number of rotatable bonds is 7. The summed E-state index contributed by atoms with van der Waals surface area (Å²) >= 11 is 1.94. The summed E-state index contributed by atoms with van der Waals surface area (Å²) in [5.41, 5.74) is 5.11. The Bertz CT molecular complexity index is 818. The molecule has 0 amide bonds. The average molecular weight is 383 g/mol. The first-order chi connectivity index (χ1) is 13.2. The van der Waals surface area contributed by atoms with Gasteiger partial charge in [0.2, 0.25) is 0 Å². The number of hydrogen-bond acceptors (Lipinski definition) is 4. The van der Waals surface area contributed by atoms with Gasteiger partial charge < -0.3 is 10.0 Å². The molecule has 2 aliphatic rings. The molecule has 0 atom stereocenters. The van der Waals surface area contributed by atoms with E-state index in [0.717, 1.165) is 24.5 Å². The summed E-state index contributed by atoms with van der Waals surface area (Å²) < 4.78 is 0. The van der Waals surface area contributed by atoms with E-state index in [4.69, 9.17) is 5.11 Å². The molecule has 1 aromatic carbocycles. The van der Waals surface area contributed by atoms with Crippen molar-refractivity contribution in [3.05, 3.63) is 42.1 Å². The summed E-state index contributed by atoms with van der Waals surface area (Å²) in [6.45, 7) is 1.80. The Morgan fingerprint density at radius 2 is 2.11 bits per heavy atom. The van der Waals surface area contributed by atoms with E-state index >= 15 is 0 Å². The highest BCUT2D eigenvalue weighted by Crippen LogP contribution is 2.40. The Kier molecular flexibility index (Phi) is 5.67. The van der Waals surface area contributed by atoms with E-state index in [1.165, 1.54) is 48.1 Å². The zero-order valence-electron chi connectivity index (χ0n) is 15.6. The first-order valence-corrected chi connectivity index (χ1v) is 10.8. The zero-order valence-corrected chi connectivity index (χ0v) is 16.4. The summed E-state index contributed by atoms with van der Waals surface area (Å²) in [6, 6.07) is 10.9.